The Bertz CT molecular complexity index is 496. The number of carbonyl (C=O) groups is 2. The molecule has 0 heterocycles. The molecule has 0 aliphatic heterocycles. The number of hydrogen-bond donors (Lipinski definition) is 3. The van der Waals surface area contributed by atoms with Crippen LogP contribution in [0.5, 0.6) is 0 Å². The highest BCUT2D eigenvalue weighted by atomic mass is 16.4. The van der Waals surface area contributed by atoms with Crippen molar-refractivity contribution in [3.05, 3.63) is 29.8 Å². The molecular formula is C16H24N2O3. The van der Waals surface area contributed by atoms with Crippen LogP contribution in [-0.4, -0.2) is 22.6 Å². The van der Waals surface area contributed by atoms with Gasteiger partial charge in [0.15, 0.2) is 0 Å². The third-order valence-electron chi connectivity index (χ3n) is 3.85. The van der Waals surface area contributed by atoms with Crippen LogP contribution in [0.25, 0.3) is 0 Å². The van der Waals surface area contributed by atoms with Gasteiger partial charge in [-0.3, -0.25) is 4.79 Å². The second-order valence-corrected chi connectivity index (χ2v) is 5.40. The number of urea groups is 1. The van der Waals surface area contributed by atoms with E-state index in [0.717, 1.165) is 18.4 Å². The van der Waals surface area contributed by atoms with Crippen LogP contribution in [-0.2, 0) is 11.2 Å². The summed E-state index contributed by atoms with van der Waals surface area (Å²) in [6, 6.07) is 7.01. The first kappa shape index (κ1) is 17.0. The van der Waals surface area contributed by atoms with Gasteiger partial charge in [0.1, 0.15) is 0 Å². The molecular weight excluding hydrogens is 268 g/mol. The van der Waals surface area contributed by atoms with Crippen molar-refractivity contribution in [2.24, 2.45) is 0 Å². The van der Waals surface area contributed by atoms with Crippen molar-refractivity contribution in [2.45, 2.75) is 52.0 Å². The summed E-state index contributed by atoms with van der Waals surface area (Å²) in [5.41, 5.74) is 1.25. The molecule has 0 saturated carbocycles. The summed E-state index contributed by atoms with van der Waals surface area (Å²) in [6.07, 6.45) is 2.13. The monoisotopic (exact) mass is 292 g/mol. The van der Waals surface area contributed by atoms with Crippen LogP contribution in [0.1, 0.15) is 45.6 Å². The van der Waals surface area contributed by atoms with Crippen LogP contribution in [0.3, 0.4) is 0 Å². The second-order valence-electron chi connectivity index (χ2n) is 5.40. The molecule has 0 fully saturated rings. The molecule has 0 aliphatic rings. The Morgan fingerprint density at radius 1 is 1.19 bits per heavy atom. The zero-order chi connectivity index (χ0) is 15.9. The molecule has 0 atom stereocenters. The number of hydrogen-bond acceptors (Lipinski definition) is 2. The third-order valence-corrected chi connectivity index (χ3v) is 3.85. The van der Waals surface area contributed by atoms with Crippen molar-refractivity contribution < 1.29 is 14.7 Å². The summed E-state index contributed by atoms with van der Waals surface area (Å²) < 4.78 is 0. The smallest absolute Gasteiger partial charge is 0.319 e. The molecule has 1 rings (SSSR count). The maximum atomic E-state index is 12.1. The fraction of sp³-hybridized carbons (Fsp3) is 0.500. The Kier molecular flexibility index (Phi) is 6.21. The molecule has 5 heteroatoms. The largest absolute Gasteiger partial charge is 0.481 e. The lowest BCUT2D eigenvalue weighted by Gasteiger charge is -2.28. The zero-order valence-corrected chi connectivity index (χ0v) is 12.9. The first-order valence-corrected chi connectivity index (χ1v) is 7.29. The van der Waals surface area contributed by atoms with E-state index in [2.05, 4.69) is 10.6 Å². The van der Waals surface area contributed by atoms with Crippen molar-refractivity contribution in [2.75, 3.05) is 5.32 Å². The van der Waals surface area contributed by atoms with Crippen molar-refractivity contribution in [3.8, 4) is 0 Å². The van der Waals surface area contributed by atoms with Crippen LogP contribution in [0.15, 0.2) is 24.3 Å². The summed E-state index contributed by atoms with van der Waals surface area (Å²) in [5, 5.41) is 14.5. The van der Waals surface area contributed by atoms with Gasteiger partial charge in [0.25, 0.3) is 0 Å². The van der Waals surface area contributed by atoms with Gasteiger partial charge in [-0.1, -0.05) is 32.0 Å². The number of nitrogens with one attached hydrogen (secondary N) is 2. The van der Waals surface area contributed by atoms with E-state index in [0.29, 0.717) is 12.1 Å². The van der Waals surface area contributed by atoms with Crippen molar-refractivity contribution in [3.63, 3.8) is 0 Å². The number of carboxylic acid groups (broad SMARTS) is 1. The lowest BCUT2D eigenvalue weighted by molar-refractivity contribution is -0.136. The number of aryl methyl sites for hydroxylation is 1. The predicted molar refractivity (Wildman–Crippen MR) is 83.5 cm³/mol. The average molecular weight is 292 g/mol. The normalized spacial score (nSPS) is 11.0. The molecule has 0 radical (unpaired) electrons. The molecule has 1 aromatic rings. The van der Waals surface area contributed by atoms with Gasteiger partial charge in [-0.25, -0.2) is 4.79 Å². The lowest BCUT2D eigenvalue weighted by atomic mass is 9.96. The number of carboxylic acids is 1. The molecule has 1 aromatic carbocycles. The number of carbonyl (C=O) groups excluding carboxylic acids is 1. The van der Waals surface area contributed by atoms with Crippen molar-refractivity contribution in [1.29, 1.82) is 0 Å². The Morgan fingerprint density at radius 2 is 1.81 bits per heavy atom. The molecule has 116 valence electrons. The summed E-state index contributed by atoms with van der Waals surface area (Å²) in [4.78, 5) is 22.8. The Morgan fingerprint density at radius 3 is 2.38 bits per heavy atom. The number of anilines is 1. The van der Waals surface area contributed by atoms with Gasteiger partial charge in [-0.05, 0) is 37.8 Å². The predicted octanol–water partition coefficient (Wildman–Crippen LogP) is 3.40. The minimum Gasteiger partial charge on any atom is -0.481 e. The minimum atomic E-state index is -0.848. The molecule has 0 saturated heterocycles. The molecule has 0 bridgehead atoms. The van der Waals surface area contributed by atoms with Gasteiger partial charge in [0.2, 0.25) is 0 Å². The lowest BCUT2D eigenvalue weighted by Crippen LogP contribution is -2.47. The number of benzene rings is 1. The maximum Gasteiger partial charge on any atom is 0.319 e. The van der Waals surface area contributed by atoms with Gasteiger partial charge in [0.05, 0.1) is 0 Å². The number of rotatable bonds is 7. The number of amides is 2. The van der Waals surface area contributed by atoms with Gasteiger partial charge >= 0.3 is 12.0 Å². The van der Waals surface area contributed by atoms with Crippen LogP contribution in [0.2, 0.25) is 0 Å². The molecule has 0 spiro atoms. The molecule has 0 aromatic heterocycles. The van der Waals surface area contributed by atoms with Crippen molar-refractivity contribution in [1.82, 2.24) is 5.32 Å². The van der Waals surface area contributed by atoms with E-state index in [1.54, 1.807) is 6.07 Å². The fourth-order valence-corrected chi connectivity index (χ4v) is 1.96. The minimum absolute atomic E-state index is 0.0436. The number of para-hydroxylation sites is 1. The molecule has 3 N–H and O–H groups in total. The van der Waals surface area contributed by atoms with Crippen LogP contribution in [0.4, 0.5) is 10.5 Å². The standard InChI is InChI=1S/C16H24N2O3/c1-4-16(3,5-2)18-15(21)17-13-9-7-6-8-12(13)10-11-14(19)20/h6-9H,4-5,10-11H2,1-3H3,(H,19,20)(H2,17,18,21). The van der Waals surface area contributed by atoms with E-state index in [1.165, 1.54) is 0 Å². The van der Waals surface area contributed by atoms with Crippen LogP contribution >= 0.6 is 0 Å². The SMILES string of the molecule is CCC(C)(CC)NC(=O)Nc1ccccc1CCC(=O)O. The van der Waals surface area contributed by atoms with Gasteiger partial charge in [-0.2, -0.15) is 0 Å². The molecule has 5 nitrogen and oxygen atoms in total. The van der Waals surface area contributed by atoms with E-state index in [4.69, 9.17) is 5.11 Å². The van der Waals surface area contributed by atoms with E-state index in [9.17, 15) is 9.59 Å². The van der Waals surface area contributed by atoms with Crippen LogP contribution < -0.4 is 10.6 Å². The van der Waals surface area contributed by atoms with Crippen LogP contribution in [0, 0.1) is 0 Å². The maximum absolute atomic E-state index is 12.1. The molecule has 0 unspecified atom stereocenters. The fourth-order valence-electron chi connectivity index (χ4n) is 1.96. The quantitative estimate of drug-likeness (QED) is 0.720. The Hall–Kier alpha value is -2.04. The van der Waals surface area contributed by atoms with E-state index >= 15 is 0 Å². The second kappa shape index (κ2) is 7.67. The van der Waals surface area contributed by atoms with Crippen molar-refractivity contribution >= 4 is 17.7 Å². The average Bonchev–Trinajstić information content (AvgIpc) is 2.46. The Balaban J connectivity index is 2.74. The number of aliphatic carboxylic acids is 1. The zero-order valence-electron chi connectivity index (χ0n) is 12.9. The summed E-state index contributed by atoms with van der Waals surface area (Å²) in [5.74, 6) is -0.848. The highest BCUT2D eigenvalue weighted by Crippen LogP contribution is 2.18. The molecule has 0 aliphatic carbocycles. The molecule has 2 amide bonds. The van der Waals surface area contributed by atoms with E-state index < -0.39 is 5.97 Å². The summed E-state index contributed by atoms with van der Waals surface area (Å²) in [6.45, 7) is 6.07. The molecule has 21 heavy (non-hydrogen) atoms. The first-order chi connectivity index (χ1) is 9.90. The third kappa shape index (κ3) is 5.45. The van der Waals surface area contributed by atoms with Gasteiger partial charge in [-0.15, -0.1) is 0 Å². The summed E-state index contributed by atoms with van der Waals surface area (Å²) in [7, 11) is 0. The summed E-state index contributed by atoms with van der Waals surface area (Å²) >= 11 is 0. The highest BCUT2D eigenvalue weighted by Gasteiger charge is 2.22. The van der Waals surface area contributed by atoms with Gasteiger partial charge < -0.3 is 15.7 Å². The first-order valence-electron chi connectivity index (χ1n) is 7.29. The van der Waals surface area contributed by atoms with E-state index in [-0.39, 0.29) is 18.0 Å². The highest BCUT2D eigenvalue weighted by molar-refractivity contribution is 5.90. The topological polar surface area (TPSA) is 78.4 Å². The van der Waals surface area contributed by atoms with Gasteiger partial charge in [0, 0.05) is 17.6 Å². The Labute approximate surface area is 125 Å². The van der Waals surface area contributed by atoms with E-state index in [1.807, 2.05) is 39.0 Å².